The molecule has 136 valence electrons. The molecule has 0 fully saturated rings. The number of hydrogen-bond donors (Lipinski definition) is 2. The monoisotopic (exact) mass is 415 g/mol. The molecule has 11 heteroatoms. The van der Waals surface area contributed by atoms with Crippen LogP contribution in [0.25, 0.3) is 16.9 Å². The Labute approximate surface area is 162 Å². The van der Waals surface area contributed by atoms with Gasteiger partial charge in [-0.3, -0.25) is 4.98 Å². The van der Waals surface area contributed by atoms with Gasteiger partial charge in [0.15, 0.2) is 5.75 Å². The molecule has 0 saturated carbocycles. The Bertz CT molecular complexity index is 1010. The fraction of sp³-hybridized carbons (Fsp3) is 0.200. The summed E-state index contributed by atoms with van der Waals surface area (Å²) in [5.41, 5.74) is 0.892. The molecule has 0 unspecified atom stereocenters. The number of aromatic nitrogens is 4. The molecule has 0 aliphatic rings. The van der Waals surface area contributed by atoms with Gasteiger partial charge in [0.25, 0.3) is 0 Å². The number of nitrogens with one attached hydrogen (secondary N) is 1. The lowest BCUT2D eigenvalue weighted by Gasteiger charge is -2.17. The van der Waals surface area contributed by atoms with Gasteiger partial charge >= 0.3 is 6.16 Å². The topological polar surface area (TPSA) is 102 Å². The van der Waals surface area contributed by atoms with Crippen molar-refractivity contribution in [1.29, 1.82) is 0 Å². The van der Waals surface area contributed by atoms with Crippen molar-refractivity contribution in [2.45, 2.75) is 19.9 Å². The van der Waals surface area contributed by atoms with E-state index in [1.165, 1.54) is 23.0 Å². The van der Waals surface area contributed by atoms with E-state index in [2.05, 4.69) is 20.4 Å². The average molecular weight is 417 g/mol. The number of rotatable bonds is 4. The van der Waals surface area contributed by atoms with E-state index in [1.54, 1.807) is 0 Å². The highest BCUT2D eigenvalue weighted by molar-refractivity contribution is 6.37. The molecule has 0 aromatic carbocycles. The first-order chi connectivity index (χ1) is 12.3. The van der Waals surface area contributed by atoms with Crippen LogP contribution in [0.2, 0.25) is 15.2 Å². The van der Waals surface area contributed by atoms with E-state index in [-0.39, 0.29) is 27.6 Å². The van der Waals surface area contributed by atoms with Crippen LogP contribution in [-0.2, 0) is 0 Å². The Hall–Kier alpha value is -2.29. The number of nitrogens with zero attached hydrogens (tertiary/aromatic N) is 4. The first-order valence-corrected chi connectivity index (χ1v) is 8.47. The SMILES string of the molecule is CC(C)Nc1c(-c2ncc(Cl)cc2Cl)c(Cl)nc2c(OC(=O)O)cnn12. The Balaban J connectivity index is 2.31. The molecule has 8 nitrogen and oxygen atoms in total. The highest BCUT2D eigenvalue weighted by Crippen LogP contribution is 2.39. The standard InChI is InChI=1S/C15H12Cl3N5O3/c1-6(2)21-14-10(11-8(17)3-7(16)4-19-11)12(18)22-13-9(26-15(24)25)5-20-23(13)14/h3-6,21H,1-2H3,(H,24,25). The van der Waals surface area contributed by atoms with E-state index in [0.717, 1.165) is 0 Å². The molecule has 0 amide bonds. The van der Waals surface area contributed by atoms with Crippen LogP contribution in [0, 0.1) is 0 Å². The lowest BCUT2D eigenvalue weighted by Crippen LogP contribution is -2.16. The Morgan fingerprint density at radius 1 is 1.31 bits per heavy atom. The van der Waals surface area contributed by atoms with Crippen LogP contribution in [-0.4, -0.2) is 36.9 Å². The minimum atomic E-state index is -1.48. The third-order valence-corrected chi connectivity index (χ3v) is 4.01. The third-order valence-electron chi connectivity index (χ3n) is 3.24. The van der Waals surface area contributed by atoms with Gasteiger partial charge in [-0.05, 0) is 19.9 Å². The van der Waals surface area contributed by atoms with Crippen LogP contribution in [0.4, 0.5) is 10.6 Å². The maximum absolute atomic E-state index is 10.8. The van der Waals surface area contributed by atoms with Crippen molar-refractivity contribution in [3.05, 3.63) is 33.7 Å². The highest BCUT2D eigenvalue weighted by Gasteiger charge is 2.23. The Morgan fingerprint density at radius 3 is 2.65 bits per heavy atom. The zero-order chi connectivity index (χ0) is 19.0. The third kappa shape index (κ3) is 3.48. The number of carboxylic acid groups (broad SMARTS) is 1. The number of hydrogen-bond acceptors (Lipinski definition) is 6. The molecule has 0 saturated heterocycles. The van der Waals surface area contributed by atoms with E-state index in [1.807, 2.05) is 13.8 Å². The van der Waals surface area contributed by atoms with E-state index < -0.39 is 6.16 Å². The molecule has 0 aliphatic carbocycles. The molecule has 0 atom stereocenters. The normalized spacial score (nSPS) is 11.2. The number of anilines is 1. The molecule has 26 heavy (non-hydrogen) atoms. The van der Waals surface area contributed by atoms with Crippen LogP contribution >= 0.6 is 34.8 Å². The zero-order valence-corrected chi connectivity index (χ0v) is 15.8. The molecule has 0 spiro atoms. The first-order valence-electron chi connectivity index (χ1n) is 7.34. The van der Waals surface area contributed by atoms with Crippen LogP contribution < -0.4 is 10.1 Å². The van der Waals surface area contributed by atoms with Gasteiger partial charge in [-0.1, -0.05) is 34.8 Å². The van der Waals surface area contributed by atoms with E-state index in [4.69, 9.17) is 44.6 Å². The van der Waals surface area contributed by atoms with E-state index in [0.29, 0.717) is 22.1 Å². The van der Waals surface area contributed by atoms with Gasteiger partial charge in [-0.2, -0.15) is 9.61 Å². The summed E-state index contributed by atoms with van der Waals surface area (Å²) in [4.78, 5) is 19.3. The average Bonchev–Trinajstić information content (AvgIpc) is 2.90. The van der Waals surface area contributed by atoms with Gasteiger partial charge in [0.05, 0.1) is 27.5 Å². The summed E-state index contributed by atoms with van der Waals surface area (Å²) in [6, 6.07) is 1.53. The van der Waals surface area contributed by atoms with Crippen LogP contribution in [0.5, 0.6) is 5.75 Å². The quantitative estimate of drug-likeness (QED) is 0.472. The molecule has 3 aromatic rings. The maximum Gasteiger partial charge on any atom is 0.511 e. The summed E-state index contributed by atoms with van der Waals surface area (Å²) in [6.45, 7) is 3.83. The summed E-state index contributed by atoms with van der Waals surface area (Å²) in [6.07, 6.45) is 1.19. The van der Waals surface area contributed by atoms with Crippen molar-refractivity contribution >= 4 is 52.4 Å². The lowest BCUT2D eigenvalue weighted by atomic mass is 10.2. The maximum atomic E-state index is 10.8. The van der Waals surface area contributed by atoms with Crippen molar-refractivity contribution in [3.8, 4) is 17.0 Å². The summed E-state index contributed by atoms with van der Waals surface area (Å²) >= 11 is 18.6. The molecular formula is C15H12Cl3N5O3. The van der Waals surface area contributed by atoms with Gasteiger partial charge in [0, 0.05) is 12.2 Å². The first kappa shape index (κ1) is 18.5. The largest absolute Gasteiger partial charge is 0.511 e. The van der Waals surface area contributed by atoms with Gasteiger partial charge < -0.3 is 15.2 Å². The van der Waals surface area contributed by atoms with Crippen molar-refractivity contribution in [3.63, 3.8) is 0 Å². The molecule has 0 aliphatic heterocycles. The van der Waals surface area contributed by atoms with Crippen LogP contribution in [0.3, 0.4) is 0 Å². The van der Waals surface area contributed by atoms with Crippen molar-refractivity contribution in [2.75, 3.05) is 5.32 Å². The zero-order valence-electron chi connectivity index (χ0n) is 13.5. The second-order valence-electron chi connectivity index (χ2n) is 5.52. The van der Waals surface area contributed by atoms with Gasteiger partial charge in [-0.15, -0.1) is 0 Å². The van der Waals surface area contributed by atoms with Gasteiger partial charge in [0.1, 0.15) is 11.0 Å². The summed E-state index contributed by atoms with van der Waals surface area (Å²) in [7, 11) is 0. The van der Waals surface area contributed by atoms with E-state index in [9.17, 15) is 4.79 Å². The van der Waals surface area contributed by atoms with Crippen molar-refractivity contribution in [1.82, 2.24) is 19.6 Å². The fourth-order valence-electron chi connectivity index (χ4n) is 2.33. The molecule has 2 N–H and O–H groups in total. The minimum Gasteiger partial charge on any atom is -0.449 e. The van der Waals surface area contributed by atoms with Crippen molar-refractivity contribution < 1.29 is 14.6 Å². The minimum absolute atomic E-state index is 0.00506. The number of pyridine rings is 1. The van der Waals surface area contributed by atoms with Crippen LogP contribution in [0.15, 0.2) is 18.5 Å². The second-order valence-corrected chi connectivity index (χ2v) is 6.72. The molecule has 3 heterocycles. The fourth-order valence-corrected chi connectivity index (χ4v) is 3.06. The number of carbonyl (C=O) groups is 1. The molecule has 3 rings (SSSR count). The Kier molecular flexibility index (Phi) is 5.08. The molecular weight excluding hydrogens is 405 g/mol. The van der Waals surface area contributed by atoms with Crippen molar-refractivity contribution in [2.24, 2.45) is 0 Å². The Morgan fingerprint density at radius 2 is 2.04 bits per heavy atom. The second kappa shape index (κ2) is 7.14. The lowest BCUT2D eigenvalue weighted by molar-refractivity contribution is 0.145. The summed E-state index contributed by atoms with van der Waals surface area (Å²) < 4.78 is 6.07. The van der Waals surface area contributed by atoms with Crippen LogP contribution in [0.1, 0.15) is 13.8 Å². The predicted octanol–water partition coefficient (Wildman–Crippen LogP) is 4.63. The smallest absolute Gasteiger partial charge is 0.449 e. The predicted molar refractivity (Wildman–Crippen MR) is 98.7 cm³/mol. The van der Waals surface area contributed by atoms with E-state index >= 15 is 0 Å². The summed E-state index contributed by atoms with van der Waals surface area (Å²) in [5, 5.41) is 16.9. The number of halogens is 3. The summed E-state index contributed by atoms with van der Waals surface area (Å²) in [5.74, 6) is 0.389. The number of ether oxygens (including phenoxy) is 1. The van der Waals surface area contributed by atoms with Gasteiger partial charge in [0.2, 0.25) is 5.65 Å². The van der Waals surface area contributed by atoms with Gasteiger partial charge in [-0.25, -0.2) is 9.78 Å². The molecule has 3 aromatic heterocycles. The molecule has 0 radical (unpaired) electrons. The highest BCUT2D eigenvalue weighted by atomic mass is 35.5. The number of fused-ring (bicyclic) bond motifs is 1. The molecule has 0 bridgehead atoms.